The standard InChI is InChI=1S/C9H15ClN4S/c1-2-14-5-3-4-7(14)6-11-9-8(10)12-15-13-9/h7H,2-6H2,1H3,(H,11,13). The van der Waals surface area contributed by atoms with Crippen molar-refractivity contribution in [2.75, 3.05) is 25.0 Å². The number of aromatic nitrogens is 2. The predicted octanol–water partition coefficient (Wildman–Crippen LogP) is 2.09. The van der Waals surface area contributed by atoms with Crippen molar-refractivity contribution in [1.82, 2.24) is 13.6 Å². The fraction of sp³-hybridized carbons (Fsp3) is 0.778. The maximum absolute atomic E-state index is 5.86. The molecule has 6 heteroatoms. The molecule has 0 aliphatic carbocycles. The normalized spacial score (nSPS) is 22.1. The molecule has 1 aromatic rings. The monoisotopic (exact) mass is 246 g/mol. The van der Waals surface area contributed by atoms with E-state index in [-0.39, 0.29) is 0 Å². The van der Waals surface area contributed by atoms with Gasteiger partial charge in [-0.05, 0) is 25.9 Å². The predicted molar refractivity (Wildman–Crippen MR) is 63.7 cm³/mol. The zero-order valence-electron chi connectivity index (χ0n) is 8.74. The fourth-order valence-corrected chi connectivity index (χ4v) is 2.72. The third-order valence-electron chi connectivity index (χ3n) is 2.86. The molecule has 0 radical (unpaired) electrons. The summed E-state index contributed by atoms with van der Waals surface area (Å²) in [7, 11) is 0. The number of anilines is 1. The van der Waals surface area contributed by atoms with Gasteiger partial charge in [-0.25, -0.2) is 0 Å². The number of halogens is 1. The van der Waals surface area contributed by atoms with E-state index in [1.807, 2.05) is 0 Å². The number of nitrogens with zero attached hydrogens (tertiary/aromatic N) is 3. The van der Waals surface area contributed by atoms with Gasteiger partial charge < -0.3 is 5.32 Å². The van der Waals surface area contributed by atoms with Crippen molar-refractivity contribution in [1.29, 1.82) is 0 Å². The summed E-state index contributed by atoms with van der Waals surface area (Å²) >= 11 is 7.00. The van der Waals surface area contributed by atoms with E-state index in [0.717, 1.165) is 30.6 Å². The van der Waals surface area contributed by atoms with Crippen LogP contribution in [-0.2, 0) is 0 Å². The highest BCUT2D eigenvalue weighted by Crippen LogP contribution is 2.20. The quantitative estimate of drug-likeness (QED) is 0.883. The van der Waals surface area contributed by atoms with E-state index in [1.165, 1.54) is 19.4 Å². The molecule has 1 fully saturated rings. The summed E-state index contributed by atoms with van der Waals surface area (Å²) in [5.74, 6) is 0.726. The molecule has 0 amide bonds. The molecule has 1 N–H and O–H groups in total. The summed E-state index contributed by atoms with van der Waals surface area (Å²) in [6, 6.07) is 0.618. The van der Waals surface area contributed by atoms with Crippen molar-refractivity contribution >= 4 is 29.1 Å². The van der Waals surface area contributed by atoms with Crippen LogP contribution in [0.4, 0.5) is 5.82 Å². The third kappa shape index (κ3) is 2.59. The Balaban J connectivity index is 1.85. The van der Waals surface area contributed by atoms with Gasteiger partial charge in [0.05, 0.1) is 11.7 Å². The molecule has 1 unspecified atom stereocenters. The molecule has 1 aliphatic heterocycles. The molecule has 2 rings (SSSR count). The summed E-state index contributed by atoms with van der Waals surface area (Å²) in [6.45, 7) is 5.45. The Kier molecular flexibility index (Phi) is 3.77. The topological polar surface area (TPSA) is 41.0 Å². The van der Waals surface area contributed by atoms with Crippen LogP contribution in [0.25, 0.3) is 0 Å². The van der Waals surface area contributed by atoms with Gasteiger partial charge in [-0.1, -0.05) is 18.5 Å². The van der Waals surface area contributed by atoms with E-state index in [0.29, 0.717) is 11.2 Å². The lowest BCUT2D eigenvalue weighted by Gasteiger charge is -2.22. The van der Waals surface area contributed by atoms with E-state index in [9.17, 15) is 0 Å². The molecule has 2 heterocycles. The van der Waals surface area contributed by atoms with E-state index in [4.69, 9.17) is 11.6 Å². The van der Waals surface area contributed by atoms with Gasteiger partial charge in [0.25, 0.3) is 0 Å². The van der Waals surface area contributed by atoms with Gasteiger partial charge in [0, 0.05) is 12.6 Å². The number of hydrogen-bond donors (Lipinski definition) is 1. The molecule has 1 aromatic heterocycles. The first-order chi connectivity index (χ1) is 7.31. The SMILES string of the molecule is CCN1CCCC1CNc1nsnc1Cl. The fourth-order valence-electron chi connectivity index (χ4n) is 2.04. The van der Waals surface area contributed by atoms with Crippen molar-refractivity contribution in [2.24, 2.45) is 0 Å². The highest BCUT2D eigenvalue weighted by molar-refractivity contribution is 6.99. The first-order valence-corrected chi connectivity index (χ1v) is 6.38. The lowest BCUT2D eigenvalue weighted by molar-refractivity contribution is 0.277. The zero-order valence-corrected chi connectivity index (χ0v) is 10.3. The molecule has 1 atom stereocenters. The van der Waals surface area contributed by atoms with Gasteiger partial charge in [-0.2, -0.15) is 8.75 Å². The van der Waals surface area contributed by atoms with Crippen LogP contribution in [0.1, 0.15) is 19.8 Å². The molecule has 0 aromatic carbocycles. The molecule has 84 valence electrons. The molecule has 15 heavy (non-hydrogen) atoms. The van der Waals surface area contributed by atoms with Crippen LogP contribution in [0.5, 0.6) is 0 Å². The summed E-state index contributed by atoms with van der Waals surface area (Å²) < 4.78 is 8.02. The number of hydrogen-bond acceptors (Lipinski definition) is 5. The molecule has 1 aliphatic rings. The summed E-state index contributed by atoms with van der Waals surface area (Å²) in [5.41, 5.74) is 0. The number of likely N-dealkylation sites (tertiary alicyclic amines) is 1. The zero-order chi connectivity index (χ0) is 10.7. The van der Waals surface area contributed by atoms with Crippen molar-refractivity contribution in [3.05, 3.63) is 5.15 Å². The second kappa shape index (κ2) is 5.09. The Morgan fingerprint density at radius 2 is 2.47 bits per heavy atom. The van der Waals surface area contributed by atoms with Gasteiger partial charge in [-0.15, -0.1) is 0 Å². The van der Waals surface area contributed by atoms with E-state index < -0.39 is 0 Å². The van der Waals surface area contributed by atoms with E-state index >= 15 is 0 Å². The Bertz CT molecular complexity index is 317. The van der Waals surface area contributed by atoms with Crippen LogP contribution < -0.4 is 5.32 Å². The van der Waals surface area contributed by atoms with Crippen LogP contribution in [0.3, 0.4) is 0 Å². The average molecular weight is 247 g/mol. The number of rotatable bonds is 4. The Morgan fingerprint density at radius 1 is 1.60 bits per heavy atom. The first-order valence-electron chi connectivity index (χ1n) is 5.27. The number of nitrogens with one attached hydrogen (secondary N) is 1. The summed E-state index contributed by atoms with van der Waals surface area (Å²) in [4.78, 5) is 2.49. The Morgan fingerprint density at radius 3 is 3.13 bits per heavy atom. The van der Waals surface area contributed by atoms with Crippen molar-refractivity contribution in [3.63, 3.8) is 0 Å². The average Bonchev–Trinajstić information content (AvgIpc) is 2.83. The molecule has 1 saturated heterocycles. The second-order valence-corrected chi connectivity index (χ2v) is 4.60. The van der Waals surface area contributed by atoms with Crippen LogP contribution >= 0.6 is 23.3 Å². The summed E-state index contributed by atoms with van der Waals surface area (Å²) in [6.07, 6.45) is 2.55. The van der Waals surface area contributed by atoms with Gasteiger partial charge in [0.1, 0.15) is 0 Å². The molecule has 4 nitrogen and oxygen atoms in total. The Labute approximate surface area is 99.0 Å². The van der Waals surface area contributed by atoms with Gasteiger partial charge >= 0.3 is 0 Å². The summed E-state index contributed by atoms with van der Waals surface area (Å²) in [5, 5.41) is 3.75. The number of likely N-dealkylation sites (N-methyl/N-ethyl adjacent to an activating group) is 1. The van der Waals surface area contributed by atoms with Crippen molar-refractivity contribution in [3.8, 4) is 0 Å². The van der Waals surface area contributed by atoms with Crippen LogP contribution in [-0.4, -0.2) is 39.3 Å². The van der Waals surface area contributed by atoms with Crippen LogP contribution in [0.15, 0.2) is 0 Å². The molecule has 0 bridgehead atoms. The maximum Gasteiger partial charge on any atom is 0.186 e. The van der Waals surface area contributed by atoms with Gasteiger partial charge in [0.2, 0.25) is 0 Å². The molecule has 0 spiro atoms. The highest BCUT2D eigenvalue weighted by Gasteiger charge is 2.22. The van der Waals surface area contributed by atoms with Crippen LogP contribution in [0.2, 0.25) is 5.15 Å². The second-order valence-electron chi connectivity index (χ2n) is 3.71. The van der Waals surface area contributed by atoms with Crippen molar-refractivity contribution < 1.29 is 0 Å². The lowest BCUT2D eigenvalue weighted by Crippen LogP contribution is -2.34. The van der Waals surface area contributed by atoms with Crippen molar-refractivity contribution in [2.45, 2.75) is 25.8 Å². The molecular formula is C9H15ClN4S. The minimum atomic E-state index is 0.487. The first kappa shape index (κ1) is 11.1. The minimum absolute atomic E-state index is 0.487. The van der Waals surface area contributed by atoms with Gasteiger partial charge in [-0.3, -0.25) is 4.90 Å². The molecule has 0 saturated carbocycles. The smallest absolute Gasteiger partial charge is 0.186 e. The highest BCUT2D eigenvalue weighted by atomic mass is 35.5. The maximum atomic E-state index is 5.86. The Hall–Kier alpha value is -0.390. The van der Waals surface area contributed by atoms with Gasteiger partial charge in [0.15, 0.2) is 11.0 Å². The third-order valence-corrected chi connectivity index (χ3v) is 3.75. The van der Waals surface area contributed by atoms with Crippen LogP contribution in [0, 0.1) is 0 Å². The minimum Gasteiger partial charge on any atom is -0.365 e. The lowest BCUT2D eigenvalue weighted by atomic mass is 10.2. The molecular weight excluding hydrogens is 232 g/mol. The van der Waals surface area contributed by atoms with E-state index in [1.54, 1.807) is 0 Å². The largest absolute Gasteiger partial charge is 0.365 e. The van der Waals surface area contributed by atoms with E-state index in [2.05, 4.69) is 25.9 Å².